The van der Waals surface area contributed by atoms with Gasteiger partial charge in [-0.2, -0.15) is 4.31 Å². The normalized spacial score (nSPS) is 23.9. The summed E-state index contributed by atoms with van der Waals surface area (Å²) in [5, 5.41) is 0. The Morgan fingerprint density at radius 3 is 2.70 bits per heavy atom. The molecule has 2 heterocycles. The first-order chi connectivity index (χ1) is 9.50. The summed E-state index contributed by atoms with van der Waals surface area (Å²) in [5.41, 5.74) is 0.762. The Morgan fingerprint density at radius 1 is 1.20 bits per heavy atom. The summed E-state index contributed by atoms with van der Waals surface area (Å²) >= 11 is 0. The third-order valence-corrected chi connectivity index (χ3v) is 6.19. The van der Waals surface area contributed by atoms with E-state index in [2.05, 4.69) is 0 Å². The van der Waals surface area contributed by atoms with Gasteiger partial charge in [0.25, 0.3) is 0 Å². The maximum absolute atomic E-state index is 12.7. The van der Waals surface area contributed by atoms with Crippen molar-refractivity contribution in [1.29, 1.82) is 0 Å². The van der Waals surface area contributed by atoms with Gasteiger partial charge in [0, 0.05) is 32.1 Å². The summed E-state index contributed by atoms with van der Waals surface area (Å²) in [7, 11) is -3.45. The van der Waals surface area contributed by atoms with E-state index in [0.717, 1.165) is 12.0 Å². The number of amides is 1. The fourth-order valence-electron chi connectivity index (χ4n) is 3.04. The molecule has 1 atom stereocenters. The first-order valence-electron chi connectivity index (χ1n) is 6.85. The molecule has 108 valence electrons. The van der Waals surface area contributed by atoms with Crippen LogP contribution in [-0.2, 0) is 14.8 Å². The van der Waals surface area contributed by atoms with Crippen LogP contribution in [0.3, 0.4) is 0 Å². The standard InChI is InChI=1S/C14H18N2O3S/c1-11-4-2-3-5-13(11)20(18,19)15-8-9-16-12(10-15)6-7-14(16)17/h2-5,12H,6-10H2,1H3. The Labute approximate surface area is 119 Å². The van der Waals surface area contributed by atoms with Gasteiger partial charge in [-0.15, -0.1) is 0 Å². The van der Waals surface area contributed by atoms with Gasteiger partial charge in [0.2, 0.25) is 15.9 Å². The SMILES string of the molecule is Cc1ccccc1S(=O)(=O)N1CCN2C(=O)CCC2C1. The number of hydrogen-bond acceptors (Lipinski definition) is 3. The van der Waals surface area contributed by atoms with Crippen molar-refractivity contribution in [2.75, 3.05) is 19.6 Å². The largest absolute Gasteiger partial charge is 0.337 e. The van der Waals surface area contributed by atoms with Crippen LogP contribution in [0.2, 0.25) is 0 Å². The van der Waals surface area contributed by atoms with Gasteiger partial charge in [0.1, 0.15) is 0 Å². The number of carbonyl (C=O) groups excluding carboxylic acids is 1. The molecule has 20 heavy (non-hydrogen) atoms. The Morgan fingerprint density at radius 2 is 1.95 bits per heavy atom. The van der Waals surface area contributed by atoms with Gasteiger partial charge in [-0.25, -0.2) is 8.42 Å². The lowest BCUT2D eigenvalue weighted by atomic mass is 10.2. The predicted octanol–water partition coefficient (Wildman–Crippen LogP) is 0.990. The Hall–Kier alpha value is -1.40. The van der Waals surface area contributed by atoms with Gasteiger partial charge >= 0.3 is 0 Å². The van der Waals surface area contributed by atoms with E-state index in [1.165, 1.54) is 4.31 Å². The lowest BCUT2D eigenvalue weighted by molar-refractivity contribution is -0.130. The van der Waals surface area contributed by atoms with E-state index in [-0.39, 0.29) is 11.9 Å². The van der Waals surface area contributed by atoms with Crippen molar-refractivity contribution in [3.05, 3.63) is 29.8 Å². The van der Waals surface area contributed by atoms with Crippen LogP contribution in [0.1, 0.15) is 18.4 Å². The highest BCUT2D eigenvalue weighted by Gasteiger charge is 2.39. The molecular weight excluding hydrogens is 276 g/mol. The highest BCUT2D eigenvalue weighted by atomic mass is 32.2. The van der Waals surface area contributed by atoms with Gasteiger partial charge in [0.15, 0.2) is 0 Å². The first-order valence-corrected chi connectivity index (χ1v) is 8.29. The summed E-state index contributed by atoms with van der Waals surface area (Å²) in [4.78, 5) is 13.8. The number of benzene rings is 1. The van der Waals surface area contributed by atoms with Gasteiger partial charge in [-0.3, -0.25) is 4.79 Å². The van der Waals surface area contributed by atoms with Gasteiger partial charge in [0.05, 0.1) is 4.90 Å². The molecule has 0 aliphatic carbocycles. The lowest BCUT2D eigenvalue weighted by Gasteiger charge is -2.36. The van der Waals surface area contributed by atoms with Crippen LogP contribution in [0.4, 0.5) is 0 Å². The monoisotopic (exact) mass is 294 g/mol. The van der Waals surface area contributed by atoms with Crippen LogP contribution in [0, 0.1) is 6.92 Å². The molecule has 1 unspecified atom stereocenters. The first kappa shape index (κ1) is 13.6. The van der Waals surface area contributed by atoms with Crippen molar-refractivity contribution in [2.24, 2.45) is 0 Å². The van der Waals surface area contributed by atoms with Crippen molar-refractivity contribution >= 4 is 15.9 Å². The molecular formula is C14H18N2O3S. The minimum atomic E-state index is -3.45. The second-order valence-corrected chi connectivity index (χ2v) is 7.31. The van der Waals surface area contributed by atoms with Gasteiger partial charge < -0.3 is 4.90 Å². The molecule has 0 bridgehead atoms. The molecule has 3 rings (SSSR count). The second-order valence-electron chi connectivity index (χ2n) is 5.41. The third-order valence-electron chi connectivity index (χ3n) is 4.17. The predicted molar refractivity (Wildman–Crippen MR) is 74.7 cm³/mol. The zero-order valence-corrected chi connectivity index (χ0v) is 12.3. The van der Waals surface area contributed by atoms with Crippen molar-refractivity contribution < 1.29 is 13.2 Å². The number of fused-ring (bicyclic) bond motifs is 1. The van der Waals surface area contributed by atoms with E-state index in [9.17, 15) is 13.2 Å². The molecule has 0 radical (unpaired) electrons. The van der Waals surface area contributed by atoms with Crippen molar-refractivity contribution in [2.45, 2.75) is 30.7 Å². The summed E-state index contributed by atoms with van der Waals surface area (Å²) < 4.78 is 26.9. The van der Waals surface area contributed by atoms with Gasteiger partial charge in [-0.05, 0) is 25.0 Å². The zero-order chi connectivity index (χ0) is 14.3. The molecule has 2 aliphatic heterocycles. The quantitative estimate of drug-likeness (QED) is 0.817. The van der Waals surface area contributed by atoms with Crippen LogP contribution in [0.5, 0.6) is 0 Å². The minimum absolute atomic E-state index is 0.0510. The Kier molecular flexibility index (Phi) is 3.30. The van der Waals surface area contributed by atoms with Crippen molar-refractivity contribution in [3.8, 4) is 0 Å². The van der Waals surface area contributed by atoms with Crippen LogP contribution < -0.4 is 0 Å². The number of piperazine rings is 1. The molecule has 2 aliphatic rings. The average molecular weight is 294 g/mol. The summed E-state index contributed by atoms with van der Waals surface area (Å²) in [6.45, 7) is 3.12. The zero-order valence-electron chi connectivity index (χ0n) is 11.4. The molecule has 2 saturated heterocycles. The number of rotatable bonds is 2. The minimum Gasteiger partial charge on any atom is -0.337 e. The topological polar surface area (TPSA) is 57.7 Å². The van der Waals surface area contributed by atoms with E-state index < -0.39 is 10.0 Å². The second kappa shape index (κ2) is 4.86. The van der Waals surface area contributed by atoms with Gasteiger partial charge in [-0.1, -0.05) is 18.2 Å². The number of carbonyl (C=O) groups is 1. The smallest absolute Gasteiger partial charge is 0.243 e. The fourth-order valence-corrected chi connectivity index (χ4v) is 4.73. The lowest BCUT2D eigenvalue weighted by Crippen LogP contribution is -2.53. The maximum Gasteiger partial charge on any atom is 0.243 e. The van der Waals surface area contributed by atoms with Crippen LogP contribution in [-0.4, -0.2) is 49.2 Å². The van der Waals surface area contributed by atoms with Crippen LogP contribution in [0.15, 0.2) is 29.2 Å². The molecule has 0 spiro atoms. The number of aryl methyl sites for hydroxylation is 1. The van der Waals surface area contributed by atoms with Crippen molar-refractivity contribution in [1.82, 2.24) is 9.21 Å². The highest BCUT2D eigenvalue weighted by molar-refractivity contribution is 7.89. The number of nitrogens with zero attached hydrogens (tertiary/aromatic N) is 2. The molecule has 0 N–H and O–H groups in total. The van der Waals surface area contributed by atoms with Crippen LogP contribution in [0.25, 0.3) is 0 Å². The van der Waals surface area contributed by atoms with Crippen molar-refractivity contribution in [3.63, 3.8) is 0 Å². The average Bonchev–Trinajstić information content (AvgIpc) is 2.80. The summed E-state index contributed by atoms with van der Waals surface area (Å²) in [5.74, 6) is 0.155. The molecule has 1 aromatic carbocycles. The van der Waals surface area contributed by atoms with Crippen LogP contribution >= 0.6 is 0 Å². The van der Waals surface area contributed by atoms with E-state index in [4.69, 9.17) is 0 Å². The van der Waals surface area contributed by atoms with E-state index in [1.54, 1.807) is 12.1 Å². The van der Waals surface area contributed by atoms with E-state index in [0.29, 0.717) is 31.0 Å². The fraction of sp³-hybridized carbons (Fsp3) is 0.500. The Bertz CT molecular complexity index is 642. The number of hydrogen-bond donors (Lipinski definition) is 0. The summed E-state index contributed by atoms with van der Waals surface area (Å²) in [6, 6.07) is 7.09. The molecule has 6 heteroatoms. The molecule has 0 aromatic heterocycles. The molecule has 1 aromatic rings. The number of sulfonamides is 1. The Balaban J connectivity index is 1.87. The third kappa shape index (κ3) is 2.13. The summed E-state index contributed by atoms with van der Waals surface area (Å²) in [6.07, 6.45) is 1.31. The van der Waals surface area contributed by atoms with E-state index in [1.807, 2.05) is 24.0 Å². The molecule has 5 nitrogen and oxygen atoms in total. The molecule has 1 amide bonds. The molecule has 2 fully saturated rings. The molecule has 0 saturated carbocycles. The highest BCUT2D eigenvalue weighted by Crippen LogP contribution is 2.27. The van der Waals surface area contributed by atoms with E-state index >= 15 is 0 Å². The maximum atomic E-state index is 12.7.